The van der Waals surface area contributed by atoms with E-state index in [4.69, 9.17) is 15.8 Å². The normalized spacial score (nSPS) is 32.0. The van der Waals surface area contributed by atoms with E-state index < -0.39 is 34.8 Å². The quantitative estimate of drug-likeness (QED) is 0.211. The van der Waals surface area contributed by atoms with Crippen molar-refractivity contribution in [3.05, 3.63) is 0 Å². The molecule has 0 aromatic rings. The maximum atomic E-state index is 13.5. The molecule has 1 unspecified atom stereocenters. The van der Waals surface area contributed by atoms with Gasteiger partial charge in [-0.3, -0.25) is 4.79 Å². The van der Waals surface area contributed by atoms with Crippen molar-refractivity contribution < 1.29 is 28.4 Å². The molecule has 3 aliphatic rings. The second-order valence-electron chi connectivity index (χ2n) is 8.04. The predicted octanol–water partition coefficient (Wildman–Crippen LogP) is -3.17. The lowest BCUT2D eigenvalue weighted by molar-refractivity contribution is -0.144. The van der Waals surface area contributed by atoms with Gasteiger partial charge in [-0.25, -0.2) is 0 Å². The molecule has 0 bridgehead atoms. The van der Waals surface area contributed by atoms with Crippen molar-refractivity contribution in [2.24, 2.45) is 11.7 Å². The van der Waals surface area contributed by atoms with Crippen LogP contribution in [0.3, 0.4) is 0 Å². The Balaban J connectivity index is 1.79. The molecule has 11 nitrogen and oxygen atoms in total. The molecule has 0 radical (unpaired) electrons. The predicted molar refractivity (Wildman–Crippen MR) is 103 cm³/mol. The van der Waals surface area contributed by atoms with Crippen molar-refractivity contribution in [3.63, 3.8) is 0 Å². The van der Waals surface area contributed by atoms with E-state index in [0.29, 0.717) is 38.9 Å². The average molecular weight is 419 g/mol. The van der Waals surface area contributed by atoms with E-state index in [2.05, 4.69) is 10.6 Å². The molecule has 3 rings (SSSR count). The molecule has 28 heavy (non-hydrogen) atoms. The zero-order valence-corrected chi connectivity index (χ0v) is 16.6. The topological polar surface area (TPSA) is 168 Å². The number of aliphatic carboxylic acids is 1. The molecule has 13 heteroatoms. The summed E-state index contributed by atoms with van der Waals surface area (Å²) in [6.07, 6.45) is 1.47. The number of nitrogens with one attached hydrogen (secondary N) is 2. The summed E-state index contributed by atoms with van der Waals surface area (Å²) >= 11 is 0. The van der Waals surface area contributed by atoms with Gasteiger partial charge in [-0.15, -0.1) is 0 Å². The highest BCUT2D eigenvalue weighted by molar-refractivity contribution is 7.86. The number of hydrogen-bond acceptors (Lipinski definition) is 8. The molecule has 3 heterocycles. The Morgan fingerprint density at radius 2 is 1.93 bits per heavy atom. The molecule has 7 N–H and O–H groups in total. The number of rotatable bonds is 9. The van der Waals surface area contributed by atoms with Crippen LogP contribution in [0.4, 0.5) is 0 Å². The molecule has 0 amide bonds. The number of hydrogen-bond donors (Lipinski definition) is 6. The third-order valence-corrected chi connectivity index (χ3v) is 8.17. The fraction of sp³-hybridized carbons (Fsp3) is 0.933. The van der Waals surface area contributed by atoms with E-state index in [1.165, 1.54) is 8.61 Å². The number of nitrogens with zero attached hydrogens (tertiary/aromatic N) is 2. The smallest absolute Gasteiger partial charge is 0.451 e. The Labute approximate surface area is 165 Å². The van der Waals surface area contributed by atoms with Crippen LogP contribution in [0.2, 0.25) is 6.32 Å². The van der Waals surface area contributed by atoms with Crippen LogP contribution in [0.5, 0.6) is 0 Å². The van der Waals surface area contributed by atoms with E-state index in [9.17, 15) is 18.3 Å². The van der Waals surface area contributed by atoms with Gasteiger partial charge >= 0.3 is 13.1 Å². The first-order valence-electron chi connectivity index (χ1n) is 9.74. The van der Waals surface area contributed by atoms with Crippen molar-refractivity contribution in [1.29, 1.82) is 0 Å². The molecule has 3 aliphatic heterocycles. The lowest BCUT2D eigenvalue weighted by Gasteiger charge is -2.42. The third-order valence-electron chi connectivity index (χ3n) is 6.11. The number of carboxylic acids is 1. The van der Waals surface area contributed by atoms with Gasteiger partial charge in [0.2, 0.25) is 0 Å². The van der Waals surface area contributed by atoms with Crippen LogP contribution in [0.25, 0.3) is 0 Å². The summed E-state index contributed by atoms with van der Waals surface area (Å²) in [5, 5.41) is 34.0. The summed E-state index contributed by atoms with van der Waals surface area (Å²) in [6.45, 7) is 2.21. The van der Waals surface area contributed by atoms with Crippen molar-refractivity contribution in [2.45, 2.75) is 43.2 Å². The Bertz CT molecular complexity index is 672. The summed E-state index contributed by atoms with van der Waals surface area (Å²) in [6, 6.07) is -0.298. The standard InChI is InChI=1S/C15H30BN5O6S/c17-15(14(22)23)10-20(9-11(15)2-1-4-16(24)25)28(26,27)21(13-7-19-8-13)12-3-5-18-6-12/h11-13,18-19,24-25H,1-10,17H2,(H,22,23)/t11-,12?,15-/m0/s1. The van der Waals surface area contributed by atoms with Gasteiger partial charge in [-0.05, 0) is 25.7 Å². The Morgan fingerprint density at radius 1 is 1.25 bits per heavy atom. The van der Waals surface area contributed by atoms with Crippen LogP contribution in [0, 0.1) is 5.92 Å². The zero-order valence-electron chi connectivity index (χ0n) is 15.8. The highest BCUT2D eigenvalue weighted by atomic mass is 32.2. The van der Waals surface area contributed by atoms with Gasteiger partial charge in [0.1, 0.15) is 5.54 Å². The summed E-state index contributed by atoms with van der Waals surface area (Å²) in [5.41, 5.74) is 4.46. The second kappa shape index (κ2) is 8.52. The fourth-order valence-corrected chi connectivity index (χ4v) is 6.42. The van der Waals surface area contributed by atoms with E-state index in [1.54, 1.807) is 0 Å². The van der Waals surface area contributed by atoms with Gasteiger partial charge < -0.3 is 31.5 Å². The third kappa shape index (κ3) is 4.21. The molecule has 0 aromatic carbocycles. The van der Waals surface area contributed by atoms with Crippen LogP contribution in [-0.4, -0.2) is 102 Å². The molecular weight excluding hydrogens is 389 g/mol. The Kier molecular flexibility index (Phi) is 6.66. The van der Waals surface area contributed by atoms with Crippen LogP contribution < -0.4 is 16.4 Å². The maximum absolute atomic E-state index is 13.5. The minimum Gasteiger partial charge on any atom is -0.480 e. The summed E-state index contributed by atoms with van der Waals surface area (Å²) in [4.78, 5) is 11.9. The summed E-state index contributed by atoms with van der Waals surface area (Å²) in [7, 11) is -5.36. The van der Waals surface area contributed by atoms with Crippen molar-refractivity contribution in [3.8, 4) is 0 Å². The minimum atomic E-state index is -3.88. The summed E-state index contributed by atoms with van der Waals surface area (Å²) < 4.78 is 29.7. The summed E-state index contributed by atoms with van der Waals surface area (Å²) in [5.74, 6) is -1.83. The number of carboxylic acid groups (broad SMARTS) is 1. The van der Waals surface area contributed by atoms with Crippen LogP contribution >= 0.6 is 0 Å². The van der Waals surface area contributed by atoms with Crippen molar-refractivity contribution in [2.75, 3.05) is 39.3 Å². The number of carbonyl (C=O) groups is 1. The van der Waals surface area contributed by atoms with Gasteiger partial charge in [-0.1, -0.05) is 6.42 Å². The average Bonchev–Trinajstić information content (AvgIpc) is 3.19. The maximum Gasteiger partial charge on any atom is 0.451 e. The Hall–Kier alpha value is -0.795. The molecule has 160 valence electrons. The van der Waals surface area contributed by atoms with Gasteiger partial charge in [0, 0.05) is 44.7 Å². The second-order valence-corrected chi connectivity index (χ2v) is 9.88. The van der Waals surface area contributed by atoms with E-state index in [0.717, 1.165) is 6.54 Å². The van der Waals surface area contributed by atoms with Crippen LogP contribution in [0.1, 0.15) is 19.3 Å². The van der Waals surface area contributed by atoms with Crippen molar-refractivity contribution >= 4 is 23.3 Å². The first-order chi connectivity index (χ1) is 13.2. The van der Waals surface area contributed by atoms with Crippen LogP contribution in [0.15, 0.2) is 0 Å². The highest BCUT2D eigenvalue weighted by Crippen LogP contribution is 2.34. The molecule has 3 saturated heterocycles. The van der Waals surface area contributed by atoms with Gasteiger partial charge in [-0.2, -0.15) is 17.0 Å². The largest absolute Gasteiger partial charge is 0.480 e. The molecule has 3 atom stereocenters. The monoisotopic (exact) mass is 419 g/mol. The molecule has 0 saturated carbocycles. The van der Waals surface area contributed by atoms with Crippen molar-refractivity contribution in [1.82, 2.24) is 19.2 Å². The molecule has 3 fully saturated rings. The lowest BCUT2D eigenvalue weighted by atomic mass is 9.78. The molecular formula is C15H30BN5O6S. The SMILES string of the molecule is N[C@@]1(C(=O)O)CN(S(=O)(=O)N(C2CCNC2)C2CNC2)C[C@@H]1CCCB(O)O. The first kappa shape index (κ1) is 21.9. The number of nitrogens with two attached hydrogens (primary N) is 1. The minimum absolute atomic E-state index is 0.0173. The van der Waals surface area contributed by atoms with E-state index >= 15 is 0 Å². The molecule has 0 spiro atoms. The Morgan fingerprint density at radius 3 is 2.43 bits per heavy atom. The van der Waals surface area contributed by atoms with Gasteiger partial charge in [0.05, 0.1) is 6.04 Å². The lowest BCUT2D eigenvalue weighted by Crippen LogP contribution is -2.64. The van der Waals surface area contributed by atoms with Crippen LogP contribution in [-0.2, 0) is 15.0 Å². The highest BCUT2D eigenvalue weighted by Gasteiger charge is 2.54. The van der Waals surface area contributed by atoms with Gasteiger partial charge in [0.15, 0.2) is 0 Å². The molecule has 0 aliphatic carbocycles. The fourth-order valence-electron chi connectivity index (χ4n) is 4.33. The first-order valence-corrected chi connectivity index (χ1v) is 11.1. The van der Waals surface area contributed by atoms with E-state index in [1.807, 2.05) is 0 Å². The molecule has 0 aromatic heterocycles. The van der Waals surface area contributed by atoms with E-state index in [-0.39, 0.29) is 31.5 Å². The zero-order chi connectivity index (χ0) is 20.5. The van der Waals surface area contributed by atoms with Gasteiger partial charge in [0.25, 0.3) is 10.2 Å².